The zero-order valence-corrected chi connectivity index (χ0v) is 9.26. The predicted molar refractivity (Wildman–Crippen MR) is 53.7 cm³/mol. The van der Waals surface area contributed by atoms with Crippen molar-refractivity contribution in [3.63, 3.8) is 0 Å². The summed E-state index contributed by atoms with van der Waals surface area (Å²) in [7, 11) is 4.04. The van der Waals surface area contributed by atoms with Crippen molar-refractivity contribution in [1.29, 1.82) is 0 Å². The Morgan fingerprint density at radius 1 is 1.38 bits per heavy atom. The maximum absolute atomic E-state index is 11.3. The molecule has 1 atom stereocenters. The highest BCUT2D eigenvalue weighted by atomic mass is 16.5. The van der Waals surface area contributed by atoms with Gasteiger partial charge in [0.2, 0.25) is 0 Å². The first-order valence-electron chi connectivity index (χ1n) is 4.51. The maximum Gasteiger partial charge on any atom is 0.354 e. The number of hydrogen-bond donors (Lipinski definition) is 1. The number of methoxy groups -OCH3 is 2. The third-order valence-electron chi connectivity index (χ3n) is 2.16. The summed E-state index contributed by atoms with van der Waals surface area (Å²) in [4.78, 5) is 22.3. The van der Waals surface area contributed by atoms with Gasteiger partial charge in [-0.15, -0.1) is 0 Å². The fourth-order valence-corrected chi connectivity index (χ4v) is 1.29. The smallest absolute Gasteiger partial charge is 0.354 e. The van der Waals surface area contributed by atoms with Crippen molar-refractivity contribution in [2.24, 2.45) is 7.05 Å². The van der Waals surface area contributed by atoms with Crippen LogP contribution in [0, 0.1) is 0 Å². The van der Waals surface area contributed by atoms with Crippen molar-refractivity contribution in [1.82, 2.24) is 4.57 Å². The molecule has 1 aromatic rings. The first-order valence-corrected chi connectivity index (χ1v) is 4.51. The second-order valence-corrected chi connectivity index (χ2v) is 3.19. The number of rotatable bonds is 3. The van der Waals surface area contributed by atoms with Gasteiger partial charge in [-0.3, -0.25) is 0 Å². The number of aryl methyl sites for hydroxylation is 1. The van der Waals surface area contributed by atoms with Crippen LogP contribution in [0.1, 0.15) is 22.2 Å². The van der Waals surface area contributed by atoms with Crippen LogP contribution >= 0.6 is 0 Å². The van der Waals surface area contributed by atoms with Crippen LogP contribution < -0.4 is 0 Å². The molecule has 0 aromatic carbocycles. The van der Waals surface area contributed by atoms with Crippen molar-refractivity contribution in [3.8, 4) is 0 Å². The van der Waals surface area contributed by atoms with Crippen LogP contribution in [0.2, 0.25) is 0 Å². The van der Waals surface area contributed by atoms with Crippen molar-refractivity contribution in [2.45, 2.75) is 6.10 Å². The third-order valence-corrected chi connectivity index (χ3v) is 2.16. The average molecular weight is 227 g/mol. The zero-order chi connectivity index (χ0) is 12.3. The number of ether oxygens (including phenoxy) is 2. The van der Waals surface area contributed by atoms with Gasteiger partial charge in [-0.25, -0.2) is 9.59 Å². The second kappa shape index (κ2) is 4.80. The van der Waals surface area contributed by atoms with E-state index < -0.39 is 18.0 Å². The van der Waals surface area contributed by atoms with E-state index in [2.05, 4.69) is 9.47 Å². The van der Waals surface area contributed by atoms with Crippen LogP contribution in [-0.2, 0) is 21.3 Å². The van der Waals surface area contributed by atoms with Crippen molar-refractivity contribution in [3.05, 3.63) is 23.5 Å². The number of nitrogens with zero attached hydrogens (tertiary/aromatic N) is 1. The van der Waals surface area contributed by atoms with Gasteiger partial charge in [0.1, 0.15) is 5.69 Å². The second-order valence-electron chi connectivity index (χ2n) is 3.19. The molecule has 0 amide bonds. The molecular formula is C10H13NO5. The molecular weight excluding hydrogens is 214 g/mol. The molecule has 88 valence electrons. The Morgan fingerprint density at radius 2 is 2.00 bits per heavy atom. The number of carbonyl (C=O) groups excluding carboxylic acids is 2. The van der Waals surface area contributed by atoms with E-state index in [1.54, 1.807) is 7.05 Å². The van der Waals surface area contributed by atoms with Gasteiger partial charge in [-0.1, -0.05) is 0 Å². The maximum atomic E-state index is 11.3. The normalized spacial score (nSPS) is 12.0. The minimum absolute atomic E-state index is 0.250. The average Bonchev–Trinajstić information content (AvgIpc) is 2.68. The highest BCUT2D eigenvalue weighted by molar-refractivity contribution is 5.88. The summed E-state index contributed by atoms with van der Waals surface area (Å²) in [5.74, 6) is -1.31. The Hall–Kier alpha value is -1.82. The molecule has 0 saturated carbocycles. The Bertz CT molecular complexity index is 409. The predicted octanol–water partition coefficient (Wildman–Crippen LogP) is 0.0181. The summed E-state index contributed by atoms with van der Waals surface area (Å²) in [6.45, 7) is 0. The van der Waals surface area contributed by atoms with Gasteiger partial charge in [-0.05, 0) is 6.07 Å². The van der Waals surface area contributed by atoms with Gasteiger partial charge in [0.05, 0.1) is 14.2 Å². The first-order chi connectivity index (χ1) is 7.51. The van der Waals surface area contributed by atoms with Gasteiger partial charge in [0, 0.05) is 18.8 Å². The first kappa shape index (κ1) is 12.3. The molecule has 0 saturated heterocycles. The molecule has 0 spiro atoms. The summed E-state index contributed by atoms with van der Waals surface area (Å²) in [6.07, 6.45) is 0.0722. The molecule has 0 aliphatic rings. The summed E-state index contributed by atoms with van der Waals surface area (Å²) >= 11 is 0. The van der Waals surface area contributed by atoms with Crippen LogP contribution in [-0.4, -0.2) is 35.8 Å². The quantitative estimate of drug-likeness (QED) is 0.736. The van der Waals surface area contributed by atoms with Gasteiger partial charge in [0.15, 0.2) is 6.10 Å². The molecule has 0 radical (unpaired) electrons. The van der Waals surface area contributed by atoms with Gasteiger partial charge < -0.3 is 19.1 Å². The lowest BCUT2D eigenvalue weighted by atomic mass is 10.2. The van der Waals surface area contributed by atoms with E-state index in [1.165, 1.54) is 31.0 Å². The topological polar surface area (TPSA) is 77.8 Å². The Kier molecular flexibility index (Phi) is 3.68. The van der Waals surface area contributed by atoms with E-state index in [-0.39, 0.29) is 11.3 Å². The number of esters is 2. The van der Waals surface area contributed by atoms with Gasteiger partial charge in [-0.2, -0.15) is 0 Å². The molecule has 1 N–H and O–H groups in total. The lowest BCUT2D eigenvalue weighted by Crippen LogP contribution is -2.12. The summed E-state index contributed by atoms with van der Waals surface area (Å²) in [5.41, 5.74) is 0.537. The number of aliphatic hydroxyl groups is 1. The molecule has 1 heterocycles. The van der Waals surface area contributed by atoms with E-state index in [1.807, 2.05) is 0 Å². The van der Waals surface area contributed by atoms with Crippen molar-refractivity contribution in [2.75, 3.05) is 14.2 Å². The number of hydrogen-bond acceptors (Lipinski definition) is 5. The molecule has 0 aliphatic heterocycles. The van der Waals surface area contributed by atoms with E-state index in [0.29, 0.717) is 0 Å². The molecule has 6 heteroatoms. The summed E-state index contributed by atoms with van der Waals surface area (Å²) in [6, 6.07) is 1.38. The number of aromatic nitrogens is 1. The van der Waals surface area contributed by atoms with Crippen LogP contribution in [0.4, 0.5) is 0 Å². The van der Waals surface area contributed by atoms with Gasteiger partial charge in [0.25, 0.3) is 0 Å². The van der Waals surface area contributed by atoms with Crippen molar-refractivity contribution < 1.29 is 24.2 Å². The SMILES string of the molecule is COC(=O)c1cc(C(O)C(=O)OC)cn1C. The minimum atomic E-state index is -1.39. The molecule has 1 rings (SSSR count). The molecule has 0 aliphatic carbocycles. The molecule has 16 heavy (non-hydrogen) atoms. The molecule has 1 aromatic heterocycles. The largest absolute Gasteiger partial charge is 0.467 e. The molecule has 0 fully saturated rings. The lowest BCUT2D eigenvalue weighted by molar-refractivity contribution is -0.150. The van der Waals surface area contributed by atoms with E-state index in [0.717, 1.165) is 0 Å². The number of carbonyl (C=O) groups is 2. The Labute approximate surface area is 92.4 Å². The van der Waals surface area contributed by atoms with Gasteiger partial charge >= 0.3 is 11.9 Å². The van der Waals surface area contributed by atoms with E-state index in [4.69, 9.17) is 0 Å². The van der Waals surface area contributed by atoms with E-state index >= 15 is 0 Å². The Morgan fingerprint density at radius 3 is 2.50 bits per heavy atom. The third kappa shape index (κ3) is 2.22. The van der Waals surface area contributed by atoms with Crippen LogP contribution in [0.5, 0.6) is 0 Å². The zero-order valence-electron chi connectivity index (χ0n) is 9.26. The summed E-state index contributed by atoms with van der Waals surface area (Å²) < 4.78 is 10.4. The van der Waals surface area contributed by atoms with E-state index in [9.17, 15) is 14.7 Å². The number of aliphatic hydroxyl groups excluding tert-OH is 1. The van der Waals surface area contributed by atoms with Crippen LogP contribution in [0.3, 0.4) is 0 Å². The molecule has 6 nitrogen and oxygen atoms in total. The summed E-state index contributed by atoms with van der Waals surface area (Å²) in [5, 5.41) is 9.54. The van der Waals surface area contributed by atoms with Crippen LogP contribution in [0.25, 0.3) is 0 Å². The minimum Gasteiger partial charge on any atom is -0.467 e. The lowest BCUT2D eigenvalue weighted by Gasteiger charge is -2.04. The fourth-order valence-electron chi connectivity index (χ4n) is 1.29. The highest BCUT2D eigenvalue weighted by Crippen LogP contribution is 2.17. The molecule has 1 unspecified atom stereocenters. The standard InChI is InChI=1S/C10H13NO5/c1-11-5-6(8(12)10(14)16-3)4-7(11)9(13)15-2/h4-5,8,12H,1-3H3. The Balaban J connectivity index is 3.01. The highest BCUT2D eigenvalue weighted by Gasteiger charge is 2.22. The van der Waals surface area contributed by atoms with Crippen LogP contribution in [0.15, 0.2) is 12.3 Å². The molecule has 0 bridgehead atoms. The monoisotopic (exact) mass is 227 g/mol. The van der Waals surface area contributed by atoms with Crippen molar-refractivity contribution >= 4 is 11.9 Å². The fraction of sp³-hybridized carbons (Fsp3) is 0.400.